The van der Waals surface area contributed by atoms with Gasteiger partial charge in [0, 0.05) is 16.3 Å². The molecule has 1 atom stereocenters. The quantitative estimate of drug-likeness (QED) is 0.412. The van der Waals surface area contributed by atoms with Gasteiger partial charge >= 0.3 is 0 Å². The molecule has 1 unspecified atom stereocenters. The van der Waals surface area contributed by atoms with Gasteiger partial charge in [-0.15, -0.1) is 0 Å². The molecule has 0 aliphatic rings. The lowest BCUT2D eigenvalue weighted by Crippen LogP contribution is -2.30. The minimum absolute atomic E-state index is 0.0447. The van der Waals surface area contributed by atoms with Crippen LogP contribution in [0.25, 0.3) is 11.0 Å². The van der Waals surface area contributed by atoms with Gasteiger partial charge in [-0.2, -0.15) is 0 Å². The van der Waals surface area contributed by atoms with Gasteiger partial charge in [-0.3, -0.25) is 9.59 Å². The van der Waals surface area contributed by atoms with E-state index in [2.05, 4.69) is 15.6 Å². The summed E-state index contributed by atoms with van der Waals surface area (Å²) < 4.78 is 6.97. The van der Waals surface area contributed by atoms with Crippen LogP contribution in [-0.4, -0.2) is 28.5 Å². The number of nitrogens with one attached hydrogen (secondary N) is 2. The fourth-order valence-corrected chi connectivity index (χ4v) is 3.68. The highest BCUT2D eigenvalue weighted by molar-refractivity contribution is 6.30. The van der Waals surface area contributed by atoms with Crippen molar-refractivity contribution in [3.63, 3.8) is 0 Å². The van der Waals surface area contributed by atoms with Gasteiger partial charge in [0.1, 0.15) is 18.1 Å². The predicted molar refractivity (Wildman–Crippen MR) is 129 cm³/mol. The predicted octanol–water partition coefficient (Wildman–Crippen LogP) is 4.83. The fourth-order valence-electron chi connectivity index (χ4n) is 3.56. The molecule has 0 fully saturated rings. The maximum Gasteiger partial charge on any atom is 0.251 e. The van der Waals surface area contributed by atoms with E-state index in [9.17, 15) is 9.59 Å². The van der Waals surface area contributed by atoms with Crippen LogP contribution in [0.15, 0.2) is 72.8 Å². The third kappa shape index (κ3) is 5.15. The summed E-state index contributed by atoms with van der Waals surface area (Å²) in [7, 11) is 1.59. The highest BCUT2D eigenvalue weighted by Crippen LogP contribution is 2.22. The lowest BCUT2D eigenvalue weighted by atomic mass is 10.2. The molecule has 0 bridgehead atoms. The van der Waals surface area contributed by atoms with Crippen molar-refractivity contribution in [3.05, 3.63) is 89.2 Å². The van der Waals surface area contributed by atoms with Gasteiger partial charge < -0.3 is 19.9 Å². The Hall–Kier alpha value is -3.84. The first-order valence-corrected chi connectivity index (χ1v) is 10.8. The number of methoxy groups -OCH3 is 1. The van der Waals surface area contributed by atoms with Gasteiger partial charge in [0.15, 0.2) is 0 Å². The van der Waals surface area contributed by atoms with Crippen molar-refractivity contribution in [2.24, 2.45) is 0 Å². The Morgan fingerprint density at radius 3 is 2.42 bits per heavy atom. The smallest absolute Gasteiger partial charge is 0.251 e. The zero-order chi connectivity index (χ0) is 23.4. The molecule has 3 aromatic carbocycles. The zero-order valence-corrected chi connectivity index (χ0v) is 19.0. The van der Waals surface area contributed by atoms with E-state index in [-0.39, 0.29) is 18.4 Å². The van der Waals surface area contributed by atoms with Gasteiger partial charge in [0.2, 0.25) is 5.91 Å². The molecule has 33 heavy (non-hydrogen) atoms. The van der Waals surface area contributed by atoms with Crippen molar-refractivity contribution in [1.82, 2.24) is 14.9 Å². The molecule has 0 aliphatic heterocycles. The molecule has 0 spiro atoms. The number of aromatic nitrogens is 2. The van der Waals surface area contributed by atoms with Crippen LogP contribution < -0.4 is 15.4 Å². The molecule has 4 aromatic rings. The molecule has 2 N–H and O–H groups in total. The maximum absolute atomic E-state index is 12.8. The number of nitrogens with zero attached hydrogens (tertiary/aromatic N) is 2. The summed E-state index contributed by atoms with van der Waals surface area (Å²) in [5, 5.41) is 6.41. The Labute approximate surface area is 196 Å². The molecular formula is C25H23ClN4O3. The second-order valence-corrected chi connectivity index (χ2v) is 7.96. The van der Waals surface area contributed by atoms with E-state index >= 15 is 0 Å². The molecule has 4 rings (SSSR count). The van der Waals surface area contributed by atoms with Crippen molar-refractivity contribution < 1.29 is 14.3 Å². The van der Waals surface area contributed by atoms with E-state index in [0.717, 1.165) is 11.0 Å². The highest BCUT2D eigenvalue weighted by atomic mass is 35.5. The number of ether oxygens (including phenoxy) is 1. The number of para-hydroxylation sites is 2. The third-order valence-corrected chi connectivity index (χ3v) is 5.45. The number of anilines is 1. The van der Waals surface area contributed by atoms with Gasteiger partial charge in [-0.05, 0) is 67.6 Å². The molecule has 168 valence electrons. The Morgan fingerprint density at radius 1 is 1.03 bits per heavy atom. The van der Waals surface area contributed by atoms with Crippen LogP contribution in [0.3, 0.4) is 0 Å². The molecule has 0 aliphatic carbocycles. The molecule has 1 heterocycles. The lowest BCUT2D eigenvalue weighted by molar-refractivity contribution is -0.116. The van der Waals surface area contributed by atoms with Gasteiger partial charge in [-0.1, -0.05) is 23.7 Å². The molecular weight excluding hydrogens is 440 g/mol. The molecule has 0 saturated carbocycles. The van der Waals surface area contributed by atoms with Crippen LogP contribution in [0.5, 0.6) is 5.75 Å². The van der Waals surface area contributed by atoms with Crippen LogP contribution in [0, 0.1) is 0 Å². The SMILES string of the molecule is COc1ccc(NC(=O)Cn2c(C(C)NC(=O)c3ccc(Cl)cc3)nc3ccccc32)cc1. The average molecular weight is 463 g/mol. The molecule has 1 aromatic heterocycles. The van der Waals surface area contributed by atoms with Gasteiger partial charge in [0.25, 0.3) is 5.91 Å². The third-order valence-electron chi connectivity index (χ3n) is 5.20. The number of imidazole rings is 1. The number of amides is 2. The number of fused-ring (bicyclic) bond motifs is 1. The van der Waals surface area contributed by atoms with Crippen LogP contribution >= 0.6 is 11.6 Å². The molecule has 0 saturated heterocycles. The standard InChI is InChI=1S/C25H23ClN4O3/c1-16(27-25(32)17-7-9-18(26)10-8-17)24-29-21-5-3-4-6-22(21)30(24)15-23(31)28-19-11-13-20(33-2)14-12-19/h3-14,16H,15H2,1-2H3,(H,27,32)(H,28,31). The first-order valence-electron chi connectivity index (χ1n) is 10.4. The number of hydrogen-bond donors (Lipinski definition) is 2. The summed E-state index contributed by atoms with van der Waals surface area (Å²) in [4.78, 5) is 30.2. The second kappa shape index (κ2) is 9.75. The maximum atomic E-state index is 12.8. The highest BCUT2D eigenvalue weighted by Gasteiger charge is 2.20. The average Bonchev–Trinajstić information content (AvgIpc) is 3.18. The number of benzene rings is 3. The van der Waals surface area contributed by atoms with E-state index in [0.29, 0.717) is 27.8 Å². The Morgan fingerprint density at radius 2 is 1.73 bits per heavy atom. The Kier molecular flexibility index (Phi) is 6.60. The van der Waals surface area contributed by atoms with Crippen molar-refractivity contribution in [2.45, 2.75) is 19.5 Å². The van der Waals surface area contributed by atoms with Gasteiger partial charge in [0.05, 0.1) is 24.2 Å². The van der Waals surface area contributed by atoms with Crippen LogP contribution in [0.4, 0.5) is 5.69 Å². The summed E-state index contributed by atoms with van der Waals surface area (Å²) >= 11 is 5.92. The molecule has 8 heteroatoms. The minimum Gasteiger partial charge on any atom is -0.497 e. The Balaban J connectivity index is 1.56. The number of rotatable bonds is 7. The summed E-state index contributed by atoms with van der Waals surface area (Å²) in [6, 6.07) is 20.9. The normalized spacial score (nSPS) is 11.7. The van der Waals surface area contributed by atoms with Crippen molar-refractivity contribution in [2.75, 3.05) is 12.4 Å². The molecule has 7 nitrogen and oxygen atoms in total. The number of hydrogen-bond acceptors (Lipinski definition) is 4. The summed E-state index contributed by atoms with van der Waals surface area (Å²) in [6.45, 7) is 1.88. The largest absolute Gasteiger partial charge is 0.497 e. The zero-order valence-electron chi connectivity index (χ0n) is 18.2. The van der Waals surface area contributed by atoms with Crippen LogP contribution in [0.2, 0.25) is 5.02 Å². The van der Waals surface area contributed by atoms with Gasteiger partial charge in [-0.25, -0.2) is 4.98 Å². The lowest BCUT2D eigenvalue weighted by Gasteiger charge is -2.16. The monoisotopic (exact) mass is 462 g/mol. The van der Waals surface area contributed by atoms with E-state index in [1.165, 1.54) is 0 Å². The van der Waals surface area contributed by atoms with E-state index in [1.807, 2.05) is 35.8 Å². The summed E-state index contributed by atoms with van der Waals surface area (Å²) in [6.07, 6.45) is 0. The second-order valence-electron chi connectivity index (χ2n) is 7.52. The van der Waals surface area contributed by atoms with Crippen molar-refractivity contribution in [3.8, 4) is 5.75 Å². The fraction of sp³-hybridized carbons (Fsp3) is 0.160. The first kappa shape index (κ1) is 22.4. The molecule has 2 amide bonds. The van der Waals surface area contributed by atoms with Crippen molar-refractivity contribution >= 4 is 40.1 Å². The number of halogens is 1. The van der Waals surface area contributed by atoms with Crippen LogP contribution in [-0.2, 0) is 11.3 Å². The van der Waals surface area contributed by atoms with E-state index in [1.54, 1.807) is 55.6 Å². The number of carbonyl (C=O) groups excluding carboxylic acids is 2. The van der Waals surface area contributed by atoms with Crippen molar-refractivity contribution in [1.29, 1.82) is 0 Å². The Bertz CT molecular complexity index is 1280. The first-order chi connectivity index (χ1) is 15.9. The number of carbonyl (C=O) groups is 2. The minimum atomic E-state index is -0.436. The summed E-state index contributed by atoms with van der Waals surface area (Å²) in [5.74, 6) is 0.839. The topological polar surface area (TPSA) is 85.2 Å². The van der Waals surface area contributed by atoms with E-state index < -0.39 is 6.04 Å². The van der Waals surface area contributed by atoms with E-state index in [4.69, 9.17) is 16.3 Å². The summed E-state index contributed by atoms with van der Waals surface area (Å²) in [5.41, 5.74) is 2.71. The molecule has 0 radical (unpaired) electrons. The van der Waals surface area contributed by atoms with Crippen LogP contribution in [0.1, 0.15) is 29.1 Å².